The molecule has 1 aliphatic heterocycles. The first kappa shape index (κ1) is 12.9. The van der Waals surface area contributed by atoms with Crippen molar-refractivity contribution in [3.05, 3.63) is 30.3 Å². The maximum Gasteiger partial charge on any atom is 0.323 e. The minimum absolute atomic E-state index is 0.262. The molecule has 1 aromatic rings. The number of nitrogens with one attached hydrogen (secondary N) is 1. The van der Waals surface area contributed by atoms with Crippen molar-refractivity contribution in [2.24, 2.45) is 0 Å². The summed E-state index contributed by atoms with van der Waals surface area (Å²) in [5.74, 6) is -0.0677. The maximum absolute atomic E-state index is 10.9. The van der Waals surface area contributed by atoms with Gasteiger partial charge in [-0.2, -0.15) is 0 Å². The summed E-state index contributed by atoms with van der Waals surface area (Å²) in [6, 6.07) is 8.87. The minimum atomic E-state index is -0.860. The van der Waals surface area contributed by atoms with Gasteiger partial charge >= 0.3 is 5.97 Å². The molecular weight excluding hydrogens is 234 g/mol. The summed E-state index contributed by atoms with van der Waals surface area (Å²) >= 11 is 0. The van der Waals surface area contributed by atoms with Crippen molar-refractivity contribution in [1.82, 2.24) is 5.32 Å². The van der Waals surface area contributed by atoms with Crippen LogP contribution in [0.5, 0.6) is 5.75 Å². The van der Waals surface area contributed by atoms with Crippen molar-refractivity contribution in [1.29, 1.82) is 0 Å². The van der Waals surface area contributed by atoms with E-state index < -0.39 is 12.0 Å². The SMILES string of the molecule is O=C(O)[C@H]1NCCC1OCCOc1ccccc1. The molecule has 1 saturated heterocycles. The molecule has 2 N–H and O–H groups in total. The zero-order valence-corrected chi connectivity index (χ0v) is 10.0. The summed E-state index contributed by atoms with van der Waals surface area (Å²) in [5.41, 5.74) is 0. The molecule has 0 bridgehead atoms. The Kier molecular flexibility index (Phi) is 4.55. The zero-order chi connectivity index (χ0) is 12.8. The van der Waals surface area contributed by atoms with Crippen LogP contribution in [0.4, 0.5) is 0 Å². The first-order chi connectivity index (χ1) is 8.77. The van der Waals surface area contributed by atoms with Gasteiger partial charge in [0.1, 0.15) is 18.4 Å². The summed E-state index contributed by atoms with van der Waals surface area (Å²) < 4.78 is 11.0. The molecule has 5 heteroatoms. The molecule has 0 amide bonds. The largest absolute Gasteiger partial charge is 0.491 e. The van der Waals surface area contributed by atoms with Gasteiger partial charge in [-0.3, -0.25) is 4.79 Å². The Bertz CT molecular complexity index is 382. The molecular formula is C13H17NO4. The highest BCUT2D eigenvalue weighted by Crippen LogP contribution is 2.12. The molecule has 0 saturated carbocycles. The maximum atomic E-state index is 10.9. The number of para-hydroxylation sites is 1. The molecule has 0 spiro atoms. The van der Waals surface area contributed by atoms with Gasteiger partial charge in [0.05, 0.1) is 12.7 Å². The predicted octanol–water partition coefficient (Wildman–Crippen LogP) is 0.897. The Hall–Kier alpha value is -1.59. The van der Waals surface area contributed by atoms with Crippen LogP contribution in [-0.2, 0) is 9.53 Å². The van der Waals surface area contributed by atoms with Gasteiger partial charge in [-0.05, 0) is 25.1 Å². The van der Waals surface area contributed by atoms with Gasteiger partial charge < -0.3 is 19.9 Å². The fourth-order valence-corrected chi connectivity index (χ4v) is 1.98. The first-order valence-electron chi connectivity index (χ1n) is 6.03. The molecule has 0 radical (unpaired) electrons. The normalized spacial score (nSPS) is 22.9. The fourth-order valence-electron chi connectivity index (χ4n) is 1.98. The van der Waals surface area contributed by atoms with Crippen LogP contribution < -0.4 is 10.1 Å². The van der Waals surface area contributed by atoms with Crippen molar-refractivity contribution in [2.75, 3.05) is 19.8 Å². The van der Waals surface area contributed by atoms with Gasteiger partial charge in [0.2, 0.25) is 0 Å². The Morgan fingerprint density at radius 1 is 1.33 bits per heavy atom. The molecule has 5 nitrogen and oxygen atoms in total. The van der Waals surface area contributed by atoms with E-state index >= 15 is 0 Å². The summed E-state index contributed by atoms with van der Waals surface area (Å²) in [4.78, 5) is 10.9. The smallest absolute Gasteiger partial charge is 0.323 e. The second-order valence-electron chi connectivity index (χ2n) is 4.13. The Labute approximate surface area is 106 Å². The van der Waals surface area contributed by atoms with Crippen LogP contribution >= 0.6 is 0 Å². The quantitative estimate of drug-likeness (QED) is 0.735. The second-order valence-corrected chi connectivity index (χ2v) is 4.13. The van der Waals surface area contributed by atoms with E-state index in [2.05, 4.69) is 5.32 Å². The fraction of sp³-hybridized carbons (Fsp3) is 0.462. The number of carboxylic acid groups (broad SMARTS) is 1. The van der Waals surface area contributed by atoms with E-state index in [0.29, 0.717) is 19.8 Å². The minimum Gasteiger partial charge on any atom is -0.491 e. The van der Waals surface area contributed by atoms with Crippen LogP contribution in [0.2, 0.25) is 0 Å². The van der Waals surface area contributed by atoms with E-state index in [1.165, 1.54) is 0 Å². The summed E-state index contributed by atoms with van der Waals surface area (Å²) in [6.45, 7) is 1.50. The number of hydrogen-bond acceptors (Lipinski definition) is 4. The Morgan fingerprint density at radius 2 is 2.11 bits per heavy atom. The third-order valence-corrected chi connectivity index (χ3v) is 2.86. The van der Waals surface area contributed by atoms with Crippen LogP contribution in [0, 0.1) is 0 Å². The highest BCUT2D eigenvalue weighted by Gasteiger charge is 2.33. The number of rotatable bonds is 6. The molecule has 98 valence electrons. The van der Waals surface area contributed by atoms with E-state index in [1.807, 2.05) is 30.3 Å². The molecule has 2 atom stereocenters. The summed E-state index contributed by atoms with van der Waals surface area (Å²) in [6.07, 6.45) is 0.462. The van der Waals surface area contributed by atoms with Crippen LogP contribution in [0.15, 0.2) is 30.3 Å². The average molecular weight is 251 g/mol. The zero-order valence-electron chi connectivity index (χ0n) is 10.0. The van der Waals surface area contributed by atoms with E-state index in [1.54, 1.807) is 0 Å². The van der Waals surface area contributed by atoms with Crippen molar-refractivity contribution in [3.8, 4) is 5.75 Å². The third kappa shape index (κ3) is 3.45. The highest BCUT2D eigenvalue weighted by atomic mass is 16.5. The summed E-state index contributed by atoms with van der Waals surface area (Å²) in [5, 5.41) is 11.8. The number of benzene rings is 1. The molecule has 0 aliphatic carbocycles. The number of hydrogen-bond donors (Lipinski definition) is 2. The van der Waals surface area contributed by atoms with Gasteiger partial charge in [0.25, 0.3) is 0 Å². The summed E-state index contributed by atoms with van der Waals surface area (Å²) in [7, 11) is 0. The van der Waals surface area contributed by atoms with Gasteiger partial charge in [-0.25, -0.2) is 0 Å². The van der Waals surface area contributed by atoms with Crippen LogP contribution in [0.1, 0.15) is 6.42 Å². The average Bonchev–Trinajstić information content (AvgIpc) is 2.84. The third-order valence-electron chi connectivity index (χ3n) is 2.86. The standard InChI is InChI=1S/C13H17NO4/c15-13(16)12-11(6-7-14-12)18-9-8-17-10-4-2-1-3-5-10/h1-5,11-12,14H,6-9H2,(H,15,16)/t11?,12-/m0/s1. The van der Waals surface area contributed by atoms with Crippen LogP contribution in [-0.4, -0.2) is 43.0 Å². The lowest BCUT2D eigenvalue weighted by Crippen LogP contribution is -2.40. The lowest BCUT2D eigenvalue weighted by molar-refractivity contribution is -0.142. The number of ether oxygens (including phenoxy) is 2. The van der Waals surface area contributed by atoms with E-state index in [4.69, 9.17) is 14.6 Å². The Morgan fingerprint density at radius 3 is 2.83 bits per heavy atom. The van der Waals surface area contributed by atoms with Gasteiger partial charge in [0.15, 0.2) is 0 Å². The predicted molar refractivity (Wildman–Crippen MR) is 65.7 cm³/mol. The number of carboxylic acids is 1. The van der Waals surface area contributed by atoms with Gasteiger partial charge in [-0.15, -0.1) is 0 Å². The number of carbonyl (C=O) groups is 1. The molecule has 1 unspecified atom stereocenters. The Balaban J connectivity index is 1.68. The van der Waals surface area contributed by atoms with Gasteiger partial charge in [0, 0.05) is 0 Å². The second kappa shape index (κ2) is 6.37. The van der Waals surface area contributed by atoms with Crippen molar-refractivity contribution in [2.45, 2.75) is 18.6 Å². The molecule has 1 fully saturated rings. The first-order valence-corrected chi connectivity index (χ1v) is 6.03. The molecule has 1 heterocycles. The van der Waals surface area contributed by atoms with Crippen molar-refractivity contribution >= 4 is 5.97 Å². The van der Waals surface area contributed by atoms with E-state index in [0.717, 1.165) is 12.2 Å². The van der Waals surface area contributed by atoms with Gasteiger partial charge in [-0.1, -0.05) is 18.2 Å². The molecule has 18 heavy (non-hydrogen) atoms. The topological polar surface area (TPSA) is 67.8 Å². The number of aliphatic carboxylic acids is 1. The highest BCUT2D eigenvalue weighted by molar-refractivity contribution is 5.74. The van der Waals surface area contributed by atoms with Crippen LogP contribution in [0.3, 0.4) is 0 Å². The van der Waals surface area contributed by atoms with Crippen LogP contribution in [0.25, 0.3) is 0 Å². The molecule has 1 aromatic carbocycles. The lowest BCUT2D eigenvalue weighted by Gasteiger charge is -2.16. The molecule has 0 aromatic heterocycles. The van der Waals surface area contributed by atoms with Crippen molar-refractivity contribution < 1.29 is 19.4 Å². The molecule has 2 rings (SSSR count). The van der Waals surface area contributed by atoms with Crippen molar-refractivity contribution in [3.63, 3.8) is 0 Å². The van der Waals surface area contributed by atoms with E-state index in [9.17, 15) is 4.79 Å². The van der Waals surface area contributed by atoms with E-state index in [-0.39, 0.29) is 6.10 Å². The molecule has 1 aliphatic rings. The monoisotopic (exact) mass is 251 g/mol. The lowest BCUT2D eigenvalue weighted by atomic mass is 10.2.